The standard InChI is InChI=1S/C14H16N2OS/c1-9-5-7-10(8-6-9)12(17)11-13(18-4)16-14(2,3)15-11/h5-8H,1-4H3. The second kappa shape index (κ2) is 4.69. The Kier molecular flexibility index (Phi) is 3.39. The lowest BCUT2D eigenvalue weighted by Gasteiger charge is -2.07. The Balaban J connectivity index is 2.35. The van der Waals surface area contributed by atoms with E-state index in [-0.39, 0.29) is 5.78 Å². The predicted octanol–water partition coefficient (Wildman–Crippen LogP) is 3.13. The van der Waals surface area contributed by atoms with Crippen LogP contribution in [0.2, 0.25) is 0 Å². The second-order valence-corrected chi connectivity index (χ2v) is 5.57. The number of aliphatic imine (C=N–C) groups is 2. The molecule has 0 saturated carbocycles. The lowest BCUT2D eigenvalue weighted by Crippen LogP contribution is -2.20. The van der Waals surface area contributed by atoms with Crippen LogP contribution in [-0.4, -0.2) is 28.5 Å². The number of ketones is 1. The fourth-order valence-electron chi connectivity index (χ4n) is 1.78. The molecule has 94 valence electrons. The van der Waals surface area contributed by atoms with Gasteiger partial charge in [0, 0.05) is 5.56 Å². The van der Waals surface area contributed by atoms with Gasteiger partial charge in [-0.2, -0.15) is 0 Å². The van der Waals surface area contributed by atoms with Gasteiger partial charge < -0.3 is 0 Å². The Morgan fingerprint density at radius 1 is 1.17 bits per heavy atom. The van der Waals surface area contributed by atoms with Crippen LogP contribution in [-0.2, 0) is 0 Å². The van der Waals surface area contributed by atoms with Crippen LogP contribution in [0.3, 0.4) is 0 Å². The van der Waals surface area contributed by atoms with Crippen LogP contribution in [0.25, 0.3) is 0 Å². The van der Waals surface area contributed by atoms with Crippen LogP contribution in [0, 0.1) is 6.92 Å². The summed E-state index contributed by atoms with van der Waals surface area (Å²) >= 11 is 1.47. The average molecular weight is 260 g/mol. The Labute approximate surface area is 111 Å². The quantitative estimate of drug-likeness (QED) is 0.767. The van der Waals surface area contributed by atoms with Gasteiger partial charge in [-0.15, -0.1) is 11.8 Å². The van der Waals surface area contributed by atoms with E-state index in [0.717, 1.165) is 10.6 Å². The number of nitrogens with zero attached hydrogens (tertiary/aromatic N) is 2. The molecule has 1 aromatic carbocycles. The molecule has 4 heteroatoms. The van der Waals surface area contributed by atoms with E-state index < -0.39 is 5.66 Å². The van der Waals surface area contributed by atoms with Crippen molar-refractivity contribution in [3.05, 3.63) is 35.4 Å². The molecule has 0 unspecified atom stereocenters. The lowest BCUT2D eigenvalue weighted by atomic mass is 10.1. The van der Waals surface area contributed by atoms with Gasteiger partial charge in [0.05, 0.1) is 0 Å². The number of rotatable bonds is 2. The molecule has 0 atom stereocenters. The molecule has 3 nitrogen and oxygen atoms in total. The first-order chi connectivity index (χ1) is 8.43. The first-order valence-electron chi connectivity index (χ1n) is 5.78. The zero-order valence-electron chi connectivity index (χ0n) is 11.0. The monoisotopic (exact) mass is 260 g/mol. The minimum Gasteiger partial charge on any atom is -0.287 e. The van der Waals surface area contributed by atoms with Gasteiger partial charge in [-0.25, -0.2) is 9.98 Å². The third-order valence-electron chi connectivity index (χ3n) is 2.69. The molecule has 1 aliphatic heterocycles. The SMILES string of the molecule is CSC1=NC(C)(C)N=C1C(=O)c1ccc(C)cc1. The van der Waals surface area contributed by atoms with Crippen molar-refractivity contribution >= 4 is 28.3 Å². The maximum atomic E-state index is 12.4. The molecule has 1 aromatic rings. The first kappa shape index (κ1) is 13.0. The van der Waals surface area contributed by atoms with Crippen molar-refractivity contribution < 1.29 is 4.79 Å². The molecule has 0 amide bonds. The molecular formula is C14H16N2OS. The molecular weight excluding hydrogens is 244 g/mol. The van der Waals surface area contributed by atoms with Crippen molar-refractivity contribution in [2.45, 2.75) is 26.4 Å². The van der Waals surface area contributed by atoms with Crippen LogP contribution in [0.5, 0.6) is 0 Å². The smallest absolute Gasteiger partial charge is 0.213 e. The largest absolute Gasteiger partial charge is 0.287 e. The lowest BCUT2D eigenvalue weighted by molar-refractivity contribution is 0.106. The molecule has 1 heterocycles. The third kappa shape index (κ3) is 2.53. The number of hydrogen-bond donors (Lipinski definition) is 0. The van der Waals surface area contributed by atoms with Crippen molar-refractivity contribution in [3.63, 3.8) is 0 Å². The molecule has 0 bridgehead atoms. The summed E-state index contributed by atoms with van der Waals surface area (Å²) in [5.74, 6) is -0.0475. The maximum Gasteiger partial charge on any atom is 0.213 e. The Bertz CT molecular complexity index is 541. The number of thioether (sulfide) groups is 1. The summed E-state index contributed by atoms with van der Waals surface area (Å²) in [6.45, 7) is 5.80. The number of Topliss-reactive ketones (excluding diaryl/α,β-unsaturated/α-hetero) is 1. The highest BCUT2D eigenvalue weighted by molar-refractivity contribution is 8.15. The molecule has 18 heavy (non-hydrogen) atoms. The van der Waals surface area contributed by atoms with Gasteiger partial charge in [-0.1, -0.05) is 29.8 Å². The van der Waals surface area contributed by atoms with Gasteiger partial charge >= 0.3 is 0 Å². The van der Waals surface area contributed by atoms with Crippen LogP contribution < -0.4 is 0 Å². The normalized spacial score (nSPS) is 17.3. The molecule has 0 saturated heterocycles. The van der Waals surface area contributed by atoms with E-state index in [4.69, 9.17) is 0 Å². The minimum absolute atomic E-state index is 0.0475. The van der Waals surface area contributed by atoms with Crippen LogP contribution >= 0.6 is 11.8 Å². The number of carbonyl (C=O) groups is 1. The van der Waals surface area contributed by atoms with E-state index >= 15 is 0 Å². The maximum absolute atomic E-state index is 12.4. The van der Waals surface area contributed by atoms with Crippen LogP contribution in [0.15, 0.2) is 34.3 Å². The molecule has 1 aliphatic rings. The summed E-state index contributed by atoms with van der Waals surface area (Å²) < 4.78 is 0. The third-order valence-corrected chi connectivity index (χ3v) is 3.36. The summed E-state index contributed by atoms with van der Waals surface area (Å²) in [7, 11) is 0. The topological polar surface area (TPSA) is 41.8 Å². The van der Waals surface area contributed by atoms with Gasteiger partial charge in [0.25, 0.3) is 0 Å². The molecule has 0 N–H and O–H groups in total. The highest BCUT2D eigenvalue weighted by atomic mass is 32.2. The fraction of sp³-hybridized carbons (Fsp3) is 0.357. The summed E-state index contributed by atoms with van der Waals surface area (Å²) in [4.78, 5) is 21.2. The van der Waals surface area contributed by atoms with Crippen molar-refractivity contribution in [2.24, 2.45) is 9.98 Å². The number of benzene rings is 1. The van der Waals surface area contributed by atoms with Gasteiger partial charge in [0.2, 0.25) is 5.78 Å². The van der Waals surface area contributed by atoms with Gasteiger partial charge in [-0.05, 0) is 27.0 Å². The van der Waals surface area contributed by atoms with E-state index in [9.17, 15) is 4.79 Å². The molecule has 2 rings (SSSR count). The van der Waals surface area contributed by atoms with Gasteiger partial charge in [0.15, 0.2) is 0 Å². The number of carbonyl (C=O) groups excluding carboxylic acids is 1. The van der Waals surface area contributed by atoms with Crippen molar-refractivity contribution in [3.8, 4) is 0 Å². The highest BCUT2D eigenvalue weighted by Crippen LogP contribution is 2.24. The average Bonchev–Trinajstić information content (AvgIpc) is 2.65. The predicted molar refractivity (Wildman–Crippen MR) is 78.0 cm³/mol. The first-order valence-corrected chi connectivity index (χ1v) is 7.01. The number of aryl methyl sites for hydroxylation is 1. The summed E-state index contributed by atoms with van der Waals surface area (Å²) in [5, 5.41) is 0.727. The highest BCUT2D eigenvalue weighted by Gasteiger charge is 2.31. The number of hydrogen-bond acceptors (Lipinski definition) is 4. The Hall–Kier alpha value is -1.42. The minimum atomic E-state index is -0.520. The van der Waals surface area contributed by atoms with Gasteiger partial charge in [-0.3, -0.25) is 4.79 Å². The van der Waals surface area contributed by atoms with Crippen molar-refractivity contribution in [1.82, 2.24) is 0 Å². The zero-order valence-corrected chi connectivity index (χ0v) is 11.8. The Morgan fingerprint density at radius 3 is 2.33 bits per heavy atom. The molecule has 0 spiro atoms. The van der Waals surface area contributed by atoms with E-state index in [1.165, 1.54) is 11.8 Å². The fourth-order valence-corrected chi connectivity index (χ4v) is 2.43. The van der Waals surface area contributed by atoms with Gasteiger partial charge in [0.1, 0.15) is 16.4 Å². The van der Waals surface area contributed by atoms with Crippen LogP contribution in [0.1, 0.15) is 29.8 Å². The molecule has 0 fully saturated rings. The van der Waals surface area contributed by atoms with Crippen LogP contribution in [0.4, 0.5) is 0 Å². The Morgan fingerprint density at radius 2 is 1.78 bits per heavy atom. The summed E-state index contributed by atoms with van der Waals surface area (Å²) in [6.07, 6.45) is 1.91. The van der Waals surface area contributed by atoms with E-state index in [0.29, 0.717) is 11.3 Å². The summed E-state index contributed by atoms with van der Waals surface area (Å²) in [5.41, 5.74) is 1.77. The molecule has 0 aromatic heterocycles. The molecule has 0 radical (unpaired) electrons. The van der Waals surface area contributed by atoms with E-state index in [1.807, 2.05) is 51.3 Å². The zero-order chi connectivity index (χ0) is 13.3. The van der Waals surface area contributed by atoms with E-state index in [2.05, 4.69) is 9.98 Å². The van der Waals surface area contributed by atoms with Crippen molar-refractivity contribution in [1.29, 1.82) is 0 Å². The van der Waals surface area contributed by atoms with Crippen molar-refractivity contribution in [2.75, 3.05) is 6.26 Å². The molecule has 0 aliphatic carbocycles. The summed E-state index contributed by atoms with van der Waals surface area (Å²) in [6, 6.07) is 7.54. The van der Waals surface area contributed by atoms with E-state index in [1.54, 1.807) is 0 Å². The second-order valence-electron chi connectivity index (χ2n) is 4.77.